The number of ether oxygens (including phenoxy) is 1. The molecular weight excluding hydrogens is 368 g/mol. The average Bonchev–Trinajstić information content (AvgIpc) is 3.23. The Kier molecular flexibility index (Phi) is 5.12. The molecule has 0 spiro atoms. The van der Waals surface area contributed by atoms with Gasteiger partial charge in [0.2, 0.25) is 5.88 Å². The van der Waals surface area contributed by atoms with Crippen LogP contribution in [0.4, 0.5) is 0 Å². The first-order valence-electron chi connectivity index (χ1n) is 9.59. The molecular formula is C22H22N4O3. The van der Waals surface area contributed by atoms with E-state index in [2.05, 4.69) is 15.0 Å². The SMILES string of the molecule is COc1ccc(-c2nc(CCCCN3C(=O)c4ccccc4C3=O)[nH]c2C)cn1. The Morgan fingerprint density at radius 1 is 1.03 bits per heavy atom. The lowest BCUT2D eigenvalue weighted by Crippen LogP contribution is -2.30. The van der Waals surface area contributed by atoms with Crippen LogP contribution in [0.2, 0.25) is 0 Å². The van der Waals surface area contributed by atoms with E-state index in [1.54, 1.807) is 37.6 Å². The highest BCUT2D eigenvalue weighted by atomic mass is 16.5. The van der Waals surface area contributed by atoms with Crippen LogP contribution in [0.5, 0.6) is 5.88 Å². The number of carbonyl (C=O) groups excluding carboxylic acids is 2. The van der Waals surface area contributed by atoms with Gasteiger partial charge in [0.1, 0.15) is 5.82 Å². The van der Waals surface area contributed by atoms with Gasteiger partial charge in [0, 0.05) is 36.5 Å². The van der Waals surface area contributed by atoms with Gasteiger partial charge in [0.25, 0.3) is 11.8 Å². The Morgan fingerprint density at radius 3 is 2.38 bits per heavy atom. The second-order valence-corrected chi connectivity index (χ2v) is 7.01. The first-order valence-corrected chi connectivity index (χ1v) is 9.59. The van der Waals surface area contributed by atoms with Crippen LogP contribution in [-0.4, -0.2) is 45.3 Å². The summed E-state index contributed by atoms with van der Waals surface area (Å²) in [6.45, 7) is 2.40. The number of imide groups is 1. The topological polar surface area (TPSA) is 88.2 Å². The molecule has 0 radical (unpaired) electrons. The molecule has 0 bridgehead atoms. The van der Waals surface area contributed by atoms with Crippen molar-refractivity contribution >= 4 is 11.8 Å². The normalized spacial score (nSPS) is 13.1. The molecule has 2 amide bonds. The number of hydrogen-bond acceptors (Lipinski definition) is 5. The van der Waals surface area contributed by atoms with Crippen molar-refractivity contribution in [1.82, 2.24) is 19.9 Å². The quantitative estimate of drug-likeness (QED) is 0.493. The number of aromatic amines is 1. The number of methoxy groups -OCH3 is 1. The van der Waals surface area contributed by atoms with E-state index in [0.29, 0.717) is 23.6 Å². The van der Waals surface area contributed by atoms with Crippen LogP contribution >= 0.6 is 0 Å². The Morgan fingerprint density at radius 2 is 1.76 bits per heavy atom. The fraction of sp³-hybridized carbons (Fsp3) is 0.273. The number of pyridine rings is 1. The molecule has 2 aromatic heterocycles. The van der Waals surface area contributed by atoms with E-state index >= 15 is 0 Å². The van der Waals surface area contributed by atoms with Gasteiger partial charge in [-0.1, -0.05) is 12.1 Å². The summed E-state index contributed by atoms with van der Waals surface area (Å²) in [5, 5.41) is 0. The lowest BCUT2D eigenvalue weighted by Gasteiger charge is -2.13. The molecule has 0 aliphatic carbocycles. The summed E-state index contributed by atoms with van der Waals surface area (Å²) >= 11 is 0. The molecule has 7 nitrogen and oxygen atoms in total. The highest BCUT2D eigenvalue weighted by Crippen LogP contribution is 2.24. The average molecular weight is 390 g/mol. The van der Waals surface area contributed by atoms with Crippen LogP contribution in [-0.2, 0) is 6.42 Å². The van der Waals surface area contributed by atoms with E-state index in [0.717, 1.165) is 42.0 Å². The van der Waals surface area contributed by atoms with Crippen LogP contribution in [0.25, 0.3) is 11.3 Å². The maximum absolute atomic E-state index is 12.4. The predicted molar refractivity (Wildman–Crippen MR) is 108 cm³/mol. The van der Waals surface area contributed by atoms with Gasteiger partial charge in [-0.25, -0.2) is 9.97 Å². The van der Waals surface area contributed by atoms with Crippen molar-refractivity contribution in [2.24, 2.45) is 0 Å². The molecule has 0 saturated carbocycles. The molecule has 0 saturated heterocycles. The van der Waals surface area contributed by atoms with Crippen molar-refractivity contribution in [2.45, 2.75) is 26.2 Å². The molecule has 7 heteroatoms. The molecule has 148 valence electrons. The molecule has 29 heavy (non-hydrogen) atoms. The van der Waals surface area contributed by atoms with E-state index in [1.807, 2.05) is 19.1 Å². The molecule has 1 aromatic carbocycles. The Balaban J connectivity index is 1.34. The van der Waals surface area contributed by atoms with Crippen LogP contribution in [0.15, 0.2) is 42.6 Å². The van der Waals surface area contributed by atoms with Crippen LogP contribution < -0.4 is 4.74 Å². The summed E-state index contributed by atoms with van der Waals surface area (Å²) in [7, 11) is 1.59. The van der Waals surface area contributed by atoms with E-state index in [1.165, 1.54) is 4.90 Å². The smallest absolute Gasteiger partial charge is 0.261 e. The highest BCUT2D eigenvalue weighted by molar-refractivity contribution is 6.21. The van der Waals surface area contributed by atoms with Crippen molar-refractivity contribution in [2.75, 3.05) is 13.7 Å². The molecule has 4 rings (SSSR count). The number of hydrogen-bond donors (Lipinski definition) is 1. The molecule has 0 unspecified atom stereocenters. The zero-order chi connectivity index (χ0) is 20.4. The maximum Gasteiger partial charge on any atom is 0.261 e. The van der Waals surface area contributed by atoms with Crippen LogP contribution in [0.1, 0.15) is 45.1 Å². The Hall–Kier alpha value is -3.48. The van der Waals surface area contributed by atoms with Gasteiger partial charge in [-0.15, -0.1) is 0 Å². The number of carbonyl (C=O) groups is 2. The summed E-state index contributed by atoms with van der Waals surface area (Å²) < 4.78 is 5.09. The minimum Gasteiger partial charge on any atom is -0.481 e. The maximum atomic E-state index is 12.4. The number of rotatable bonds is 7. The number of H-pyrrole nitrogens is 1. The number of aromatic nitrogens is 3. The Bertz CT molecular complexity index is 1020. The van der Waals surface area contributed by atoms with Crippen molar-refractivity contribution < 1.29 is 14.3 Å². The van der Waals surface area contributed by atoms with Crippen molar-refractivity contribution in [1.29, 1.82) is 0 Å². The van der Waals surface area contributed by atoms with E-state index in [-0.39, 0.29) is 11.8 Å². The molecule has 1 aliphatic rings. The first kappa shape index (κ1) is 18.9. The van der Waals surface area contributed by atoms with Crippen molar-refractivity contribution in [3.63, 3.8) is 0 Å². The number of unbranched alkanes of at least 4 members (excludes halogenated alkanes) is 1. The van der Waals surface area contributed by atoms with Gasteiger partial charge < -0.3 is 9.72 Å². The number of benzene rings is 1. The number of aryl methyl sites for hydroxylation is 2. The van der Waals surface area contributed by atoms with Gasteiger partial charge in [0.05, 0.1) is 23.9 Å². The van der Waals surface area contributed by atoms with Gasteiger partial charge in [-0.05, 0) is 38.0 Å². The summed E-state index contributed by atoms with van der Waals surface area (Å²) in [5.74, 6) is 1.05. The predicted octanol–water partition coefficient (Wildman–Crippen LogP) is 3.41. The standard InChI is InChI=1S/C22H22N4O3/c1-14-20(15-10-11-19(29-2)23-13-15)25-18(24-14)9-5-6-12-26-21(27)16-7-3-4-8-17(16)22(26)28/h3-4,7-8,10-11,13H,5-6,9,12H2,1-2H3,(H,24,25). The van der Waals surface area contributed by atoms with E-state index in [9.17, 15) is 9.59 Å². The Labute approximate surface area is 168 Å². The summed E-state index contributed by atoms with van der Waals surface area (Å²) in [4.78, 5) is 38.4. The van der Waals surface area contributed by atoms with E-state index < -0.39 is 0 Å². The number of amides is 2. The van der Waals surface area contributed by atoms with Gasteiger partial charge >= 0.3 is 0 Å². The third kappa shape index (κ3) is 3.63. The molecule has 1 N–H and O–H groups in total. The molecule has 0 atom stereocenters. The summed E-state index contributed by atoms with van der Waals surface area (Å²) in [6, 6.07) is 10.7. The summed E-state index contributed by atoms with van der Waals surface area (Å²) in [5.41, 5.74) is 3.77. The minimum absolute atomic E-state index is 0.200. The van der Waals surface area contributed by atoms with Gasteiger partial charge in [-0.3, -0.25) is 14.5 Å². The lowest BCUT2D eigenvalue weighted by molar-refractivity contribution is 0.0652. The number of imidazole rings is 1. The van der Waals surface area contributed by atoms with Crippen molar-refractivity contribution in [3.05, 3.63) is 65.2 Å². The fourth-order valence-electron chi connectivity index (χ4n) is 3.57. The summed E-state index contributed by atoms with van der Waals surface area (Å²) in [6.07, 6.45) is 4.03. The number of nitrogens with one attached hydrogen (secondary N) is 1. The third-order valence-electron chi connectivity index (χ3n) is 5.08. The molecule has 3 aromatic rings. The monoisotopic (exact) mass is 390 g/mol. The highest BCUT2D eigenvalue weighted by Gasteiger charge is 2.34. The minimum atomic E-state index is -0.200. The zero-order valence-corrected chi connectivity index (χ0v) is 16.4. The number of fused-ring (bicyclic) bond motifs is 1. The number of nitrogens with zero attached hydrogens (tertiary/aromatic N) is 3. The zero-order valence-electron chi connectivity index (χ0n) is 16.4. The first-order chi connectivity index (χ1) is 14.1. The molecule has 1 aliphatic heterocycles. The second-order valence-electron chi connectivity index (χ2n) is 7.01. The van der Waals surface area contributed by atoms with Crippen LogP contribution in [0.3, 0.4) is 0 Å². The van der Waals surface area contributed by atoms with Gasteiger partial charge in [0.15, 0.2) is 0 Å². The largest absolute Gasteiger partial charge is 0.481 e. The van der Waals surface area contributed by atoms with Crippen molar-refractivity contribution in [3.8, 4) is 17.1 Å². The van der Waals surface area contributed by atoms with Gasteiger partial charge in [-0.2, -0.15) is 0 Å². The fourth-order valence-corrected chi connectivity index (χ4v) is 3.57. The van der Waals surface area contributed by atoms with E-state index in [4.69, 9.17) is 4.74 Å². The molecule has 0 fully saturated rings. The van der Waals surface area contributed by atoms with Crippen LogP contribution in [0, 0.1) is 6.92 Å². The second kappa shape index (κ2) is 7.87. The molecule has 3 heterocycles. The third-order valence-corrected chi connectivity index (χ3v) is 5.08. The lowest BCUT2D eigenvalue weighted by atomic mass is 10.1.